The molecule has 0 aliphatic carbocycles. The molecule has 0 aliphatic rings. The predicted octanol–water partition coefficient (Wildman–Crippen LogP) is 3.18. The molecule has 0 aromatic rings. The van der Waals surface area contributed by atoms with Gasteiger partial charge in [0.1, 0.15) is 0 Å². The Hall–Kier alpha value is 0.270. The van der Waals surface area contributed by atoms with Crippen LogP contribution in [0.1, 0.15) is 52.4 Å². The molecule has 15 heavy (non-hydrogen) atoms. The number of nitrogens with one attached hydrogen (secondary N) is 1. The molecular weight excluding hydrogens is 204 g/mol. The van der Waals surface area contributed by atoms with Gasteiger partial charge in [0.15, 0.2) is 0 Å². The Morgan fingerprint density at radius 2 is 2.00 bits per heavy atom. The predicted molar refractivity (Wildman–Crippen MR) is 72.0 cm³/mol. The first-order chi connectivity index (χ1) is 7.28. The van der Waals surface area contributed by atoms with Crippen molar-refractivity contribution in [3.8, 4) is 0 Å². The molecule has 3 heteroatoms. The normalized spacial score (nSPS) is 15.2. The Labute approximate surface area is 99.7 Å². The lowest BCUT2D eigenvalue weighted by molar-refractivity contribution is 0.347. The van der Waals surface area contributed by atoms with Crippen molar-refractivity contribution >= 4 is 11.8 Å². The Bertz CT molecular complexity index is 117. The minimum absolute atomic E-state index is 0.513. The summed E-state index contributed by atoms with van der Waals surface area (Å²) in [6.07, 6.45) is 9.91. The summed E-state index contributed by atoms with van der Waals surface area (Å²) in [5.74, 6) is 7.65. The van der Waals surface area contributed by atoms with Gasteiger partial charge in [0, 0.05) is 6.04 Å². The third-order valence-corrected chi connectivity index (χ3v) is 3.71. The molecule has 0 amide bonds. The molecule has 2 unspecified atom stereocenters. The maximum atomic E-state index is 5.59. The highest BCUT2D eigenvalue weighted by molar-refractivity contribution is 7.98. The summed E-state index contributed by atoms with van der Waals surface area (Å²) >= 11 is 1.90. The smallest absolute Gasteiger partial charge is 0.0221 e. The monoisotopic (exact) mass is 232 g/mol. The summed E-state index contributed by atoms with van der Waals surface area (Å²) < 4.78 is 0. The van der Waals surface area contributed by atoms with Crippen molar-refractivity contribution < 1.29 is 0 Å². The molecule has 2 nitrogen and oxygen atoms in total. The second-order valence-corrected chi connectivity index (χ2v) is 5.28. The average Bonchev–Trinajstić information content (AvgIpc) is 2.28. The van der Waals surface area contributed by atoms with Gasteiger partial charge in [-0.15, -0.1) is 0 Å². The summed E-state index contributed by atoms with van der Waals surface area (Å²) in [5, 5.41) is 0. The van der Waals surface area contributed by atoms with Crippen LogP contribution in [0.25, 0.3) is 0 Å². The molecule has 0 saturated heterocycles. The standard InChI is InChI=1S/C12H28N2S/c1-4-6-7-11(5-2)10-12(14-13)8-9-15-3/h11-12,14H,4-10,13H2,1-3H3. The summed E-state index contributed by atoms with van der Waals surface area (Å²) in [5.41, 5.74) is 2.96. The third-order valence-electron chi connectivity index (χ3n) is 3.07. The quantitative estimate of drug-likeness (QED) is 0.449. The van der Waals surface area contributed by atoms with Gasteiger partial charge in [-0.1, -0.05) is 39.5 Å². The second kappa shape index (κ2) is 10.8. The molecule has 0 heterocycles. The van der Waals surface area contributed by atoms with Gasteiger partial charge in [-0.05, 0) is 30.8 Å². The zero-order chi connectivity index (χ0) is 11.5. The van der Waals surface area contributed by atoms with Crippen molar-refractivity contribution in [2.75, 3.05) is 12.0 Å². The molecule has 0 saturated carbocycles. The van der Waals surface area contributed by atoms with E-state index in [1.807, 2.05) is 11.8 Å². The summed E-state index contributed by atoms with van der Waals surface area (Å²) in [7, 11) is 0. The maximum Gasteiger partial charge on any atom is 0.0221 e. The van der Waals surface area contributed by atoms with E-state index in [1.165, 1.54) is 44.3 Å². The third kappa shape index (κ3) is 8.12. The summed E-state index contributed by atoms with van der Waals surface area (Å²) in [4.78, 5) is 0. The van der Waals surface area contributed by atoms with Crippen molar-refractivity contribution in [1.29, 1.82) is 0 Å². The lowest BCUT2D eigenvalue weighted by Crippen LogP contribution is -2.37. The van der Waals surface area contributed by atoms with Crippen molar-refractivity contribution in [1.82, 2.24) is 5.43 Å². The lowest BCUT2D eigenvalue weighted by atomic mass is 9.91. The summed E-state index contributed by atoms with van der Waals surface area (Å²) in [6, 6.07) is 0.513. The first-order valence-corrected chi connectivity index (χ1v) is 7.62. The number of nitrogens with two attached hydrogens (primary N) is 1. The molecule has 0 aromatic heterocycles. The van der Waals surface area contributed by atoms with E-state index in [0.29, 0.717) is 6.04 Å². The van der Waals surface area contributed by atoms with E-state index in [2.05, 4.69) is 25.5 Å². The molecule has 0 radical (unpaired) electrons. The topological polar surface area (TPSA) is 38.0 Å². The number of unbranched alkanes of at least 4 members (excludes halogenated alkanes) is 1. The first kappa shape index (κ1) is 15.3. The van der Waals surface area contributed by atoms with Crippen LogP contribution < -0.4 is 11.3 Å². The van der Waals surface area contributed by atoms with Crippen LogP contribution >= 0.6 is 11.8 Å². The number of hydrogen-bond acceptors (Lipinski definition) is 3. The zero-order valence-corrected chi connectivity index (χ0v) is 11.4. The number of rotatable bonds is 10. The van der Waals surface area contributed by atoms with Crippen LogP contribution in [0.5, 0.6) is 0 Å². The fourth-order valence-corrected chi connectivity index (χ4v) is 2.43. The molecule has 2 atom stereocenters. The van der Waals surface area contributed by atoms with Crippen LogP contribution in [0.3, 0.4) is 0 Å². The van der Waals surface area contributed by atoms with E-state index < -0.39 is 0 Å². The lowest BCUT2D eigenvalue weighted by Gasteiger charge is -2.21. The second-order valence-electron chi connectivity index (χ2n) is 4.30. The first-order valence-electron chi connectivity index (χ1n) is 6.23. The van der Waals surface area contributed by atoms with Gasteiger partial charge in [0.05, 0.1) is 0 Å². The fraction of sp³-hybridized carbons (Fsp3) is 1.00. The van der Waals surface area contributed by atoms with Crippen LogP contribution in [-0.2, 0) is 0 Å². The molecule has 0 bridgehead atoms. The molecule has 92 valence electrons. The SMILES string of the molecule is CCCCC(CC)CC(CCSC)NN. The van der Waals surface area contributed by atoms with Crippen LogP contribution in [0.2, 0.25) is 0 Å². The van der Waals surface area contributed by atoms with E-state index in [-0.39, 0.29) is 0 Å². The Balaban J connectivity index is 3.77. The van der Waals surface area contributed by atoms with Crippen LogP contribution in [0.4, 0.5) is 0 Å². The Morgan fingerprint density at radius 3 is 2.47 bits per heavy atom. The van der Waals surface area contributed by atoms with Gasteiger partial charge in [0.25, 0.3) is 0 Å². The number of hydrogen-bond donors (Lipinski definition) is 2. The molecular formula is C12H28N2S. The van der Waals surface area contributed by atoms with E-state index in [0.717, 1.165) is 5.92 Å². The Morgan fingerprint density at radius 1 is 1.27 bits per heavy atom. The van der Waals surface area contributed by atoms with Crippen LogP contribution in [-0.4, -0.2) is 18.1 Å². The van der Waals surface area contributed by atoms with Crippen molar-refractivity contribution in [3.05, 3.63) is 0 Å². The summed E-state index contributed by atoms with van der Waals surface area (Å²) in [6.45, 7) is 4.56. The van der Waals surface area contributed by atoms with Crippen molar-refractivity contribution in [2.24, 2.45) is 11.8 Å². The molecule has 0 spiro atoms. The van der Waals surface area contributed by atoms with Crippen molar-refractivity contribution in [3.63, 3.8) is 0 Å². The highest BCUT2D eigenvalue weighted by Crippen LogP contribution is 2.20. The van der Waals surface area contributed by atoms with E-state index >= 15 is 0 Å². The number of thioether (sulfide) groups is 1. The molecule has 0 aromatic carbocycles. The van der Waals surface area contributed by atoms with Gasteiger partial charge >= 0.3 is 0 Å². The Kier molecular flexibility index (Phi) is 11.0. The van der Waals surface area contributed by atoms with Gasteiger partial charge in [-0.25, -0.2) is 0 Å². The van der Waals surface area contributed by atoms with E-state index in [9.17, 15) is 0 Å². The highest BCUT2D eigenvalue weighted by Gasteiger charge is 2.13. The van der Waals surface area contributed by atoms with E-state index in [4.69, 9.17) is 5.84 Å². The maximum absolute atomic E-state index is 5.59. The highest BCUT2D eigenvalue weighted by atomic mass is 32.2. The largest absolute Gasteiger partial charge is 0.271 e. The van der Waals surface area contributed by atoms with Gasteiger partial charge < -0.3 is 0 Å². The van der Waals surface area contributed by atoms with Gasteiger partial charge in [-0.3, -0.25) is 11.3 Å². The van der Waals surface area contributed by atoms with Crippen molar-refractivity contribution in [2.45, 2.75) is 58.4 Å². The molecule has 3 N–H and O–H groups in total. The van der Waals surface area contributed by atoms with Crippen LogP contribution in [0.15, 0.2) is 0 Å². The van der Waals surface area contributed by atoms with Gasteiger partial charge in [-0.2, -0.15) is 11.8 Å². The molecule has 0 fully saturated rings. The zero-order valence-electron chi connectivity index (χ0n) is 10.6. The van der Waals surface area contributed by atoms with E-state index in [1.54, 1.807) is 0 Å². The molecule has 0 aliphatic heterocycles. The number of hydrazine groups is 1. The minimum Gasteiger partial charge on any atom is -0.271 e. The van der Waals surface area contributed by atoms with Gasteiger partial charge in [0.2, 0.25) is 0 Å². The molecule has 0 rings (SSSR count). The fourth-order valence-electron chi connectivity index (χ4n) is 1.91. The van der Waals surface area contributed by atoms with Crippen LogP contribution in [0, 0.1) is 5.92 Å². The average molecular weight is 232 g/mol. The minimum atomic E-state index is 0.513.